The lowest BCUT2D eigenvalue weighted by atomic mass is 10.1. The zero-order valence-electron chi connectivity index (χ0n) is 18.4. The molecule has 0 radical (unpaired) electrons. The quantitative estimate of drug-likeness (QED) is 0.388. The number of nitrogens with zero attached hydrogens (tertiary/aromatic N) is 5. The zero-order valence-corrected chi connectivity index (χ0v) is 19.2. The van der Waals surface area contributed by atoms with Crippen LogP contribution in [0, 0.1) is 0 Å². The van der Waals surface area contributed by atoms with E-state index in [0.717, 1.165) is 40.8 Å². The van der Waals surface area contributed by atoms with Gasteiger partial charge in [-0.2, -0.15) is 5.10 Å². The van der Waals surface area contributed by atoms with Crippen molar-refractivity contribution in [1.82, 2.24) is 25.1 Å². The average molecular weight is 457 g/mol. The van der Waals surface area contributed by atoms with Crippen LogP contribution in [0.2, 0.25) is 0 Å². The molecule has 1 aliphatic heterocycles. The lowest BCUT2D eigenvalue weighted by molar-refractivity contribution is -0.123. The number of methoxy groups -OCH3 is 1. The standard InChI is InChI=1S/C22H28N6O3S/c1-30-16-6-8-17(9-7-16)31-15-19(29)23-10-13-28-21-18(14-24-28)20(25-22(26-21)32-2)27-11-4-3-5-12-27/h6-9,14H,3-5,10-13,15H2,1-2H3,(H,23,29). The number of benzene rings is 1. The van der Waals surface area contributed by atoms with Crippen molar-refractivity contribution in [3.05, 3.63) is 30.5 Å². The number of thioether (sulfide) groups is 1. The Labute approximate surface area is 191 Å². The number of hydrogen-bond donors (Lipinski definition) is 1. The van der Waals surface area contributed by atoms with Gasteiger partial charge in [0.2, 0.25) is 0 Å². The molecule has 1 aromatic carbocycles. The van der Waals surface area contributed by atoms with Crippen molar-refractivity contribution in [1.29, 1.82) is 0 Å². The van der Waals surface area contributed by atoms with E-state index in [2.05, 4.69) is 20.3 Å². The first-order valence-electron chi connectivity index (χ1n) is 10.7. The van der Waals surface area contributed by atoms with Gasteiger partial charge in [0.15, 0.2) is 17.4 Å². The van der Waals surface area contributed by atoms with Crippen LogP contribution in [0.5, 0.6) is 11.5 Å². The van der Waals surface area contributed by atoms with Crippen molar-refractivity contribution < 1.29 is 14.3 Å². The van der Waals surface area contributed by atoms with E-state index in [1.165, 1.54) is 31.0 Å². The van der Waals surface area contributed by atoms with Gasteiger partial charge in [-0.3, -0.25) is 4.79 Å². The summed E-state index contributed by atoms with van der Waals surface area (Å²) in [4.78, 5) is 23.9. The van der Waals surface area contributed by atoms with Gasteiger partial charge in [0, 0.05) is 19.6 Å². The number of piperidine rings is 1. The van der Waals surface area contributed by atoms with Crippen molar-refractivity contribution >= 4 is 34.5 Å². The molecule has 3 heterocycles. The summed E-state index contributed by atoms with van der Waals surface area (Å²) in [6.45, 7) is 2.91. The monoisotopic (exact) mass is 456 g/mol. The molecule has 10 heteroatoms. The van der Waals surface area contributed by atoms with Crippen LogP contribution >= 0.6 is 11.8 Å². The molecule has 0 aliphatic carbocycles. The highest BCUT2D eigenvalue weighted by Crippen LogP contribution is 2.28. The highest BCUT2D eigenvalue weighted by atomic mass is 32.2. The van der Waals surface area contributed by atoms with E-state index >= 15 is 0 Å². The summed E-state index contributed by atoms with van der Waals surface area (Å²) in [7, 11) is 1.61. The number of aromatic nitrogens is 4. The number of rotatable bonds is 9. The summed E-state index contributed by atoms with van der Waals surface area (Å²) < 4.78 is 12.5. The lowest BCUT2D eigenvalue weighted by Gasteiger charge is -2.28. The Hall–Kier alpha value is -3.01. The largest absolute Gasteiger partial charge is 0.497 e. The van der Waals surface area contributed by atoms with E-state index in [1.54, 1.807) is 31.4 Å². The molecule has 1 aliphatic rings. The van der Waals surface area contributed by atoms with Crippen molar-refractivity contribution in [2.75, 3.05) is 44.5 Å². The third-order valence-electron chi connectivity index (χ3n) is 5.37. The summed E-state index contributed by atoms with van der Waals surface area (Å²) in [6, 6.07) is 7.12. The number of fused-ring (bicyclic) bond motifs is 1. The van der Waals surface area contributed by atoms with E-state index < -0.39 is 0 Å². The lowest BCUT2D eigenvalue weighted by Crippen LogP contribution is -2.32. The van der Waals surface area contributed by atoms with Crippen LogP contribution in [0.25, 0.3) is 11.0 Å². The molecule has 3 aromatic rings. The van der Waals surface area contributed by atoms with Gasteiger partial charge in [0.25, 0.3) is 5.91 Å². The smallest absolute Gasteiger partial charge is 0.258 e. The Kier molecular flexibility index (Phi) is 7.31. The molecule has 1 fully saturated rings. The third kappa shape index (κ3) is 5.24. The number of anilines is 1. The molecule has 0 saturated carbocycles. The molecule has 1 N–H and O–H groups in total. The van der Waals surface area contributed by atoms with Gasteiger partial charge in [-0.15, -0.1) is 0 Å². The minimum atomic E-state index is -0.189. The van der Waals surface area contributed by atoms with Gasteiger partial charge in [-0.05, 0) is 49.8 Å². The number of carbonyl (C=O) groups excluding carboxylic acids is 1. The van der Waals surface area contributed by atoms with Crippen LogP contribution in [0.4, 0.5) is 5.82 Å². The molecule has 170 valence electrons. The molecular weight excluding hydrogens is 428 g/mol. The van der Waals surface area contributed by atoms with Gasteiger partial charge < -0.3 is 19.7 Å². The first kappa shape index (κ1) is 22.2. The molecule has 2 aromatic heterocycles. The van der Waals surface area contributed by atoms with E-state index in [1.807, 2.05) is 17.1 Å². The van der Waals surface area contributed by atoms with Gasteiger partial charge in [-0.1, -0.05) is 11.8 Å². The summed E-state index contributed by atoms with van der Waals surface area (Å²) in [5.41, 5.74) is 0.800. The van der Waals surface area contributed by atoms with E-state index in [9.17, 15) is 4.79 Å². The van der Waals surface area contributed by atoms with Crippen LogP contribution in [-0.2, 0) is 11.3 Å². The normalized spacial score (nSPS) is 13.9. The highest BCUT2D eigenvalue weighted by Gasteiger charge is 2.19. The second-order valence-corrected chi connectivity index (χ2v) is 8.27. The summed E-state index contributed by atoms with van der Waals surface area (Å²) in [5.74, 6) is 2.13. The topological polar surface area (TPSA) is 94.4 Å². The third-order valence-corrected chi connectivity index (χ3v) is 5.92. The molecule has 9 nitrogen and oxygen atoms in total. The maximum absolute atomic E-state index is 12.2. The minimum Gasteiger partial charge on any atom is -0.497 e. The van der Waals surface area contributed by atoms with Crippen LogP contribution in [-0.4, -0.2) is 65.3 Å². The number of hydrogen-bond acceptors (Lipinski definition) is 8. The van der Waals surface area contributed by atoms with Crippen LogP contribution in [0.3, 0.4) is 0 Å². The highest BCUT2D eigenvalue weighted by molar-refractivity contribution is 7.98. The van der Waals surface area contributed by atoms with E-state index in [-0.39, 0.29) is 12.5 Å². The van der Waals surface area contributed by atoms with Crippen LogP contribution < -0.4 is 19.7 Å². The molecule has 32 heavy (non-hydrogen) atoms. The summed E-state index contributed by atoms with van der Waals surface area (Å²) in [6.07, 6.45) is 7.43. The average Bonchev–Trinajstić information content (AvgIpc) is 3.25. The Morgan fingerprint density at radius 3 is 2.59 bits per heavy atom. The maximum atomic E-state index is 12.2. The van der Waals surface area contributed by atoms with Gasteiger partial charge in [0.1, 0.15) is 17.3 Å². The van der Waals surface area contributed by atoms with Crippen molar-refractivity contribution in [3.8, 4) is 11.5 Å². The number of carbonyl (C=O) groups is 1. The van der Waals surface area contributed by atoms with Crippen LogP contribution in [0.15, 0.2) is 35.6 Å². The number of nitrogens with one attached hydrogen (secondary N) is 1. The first-order valence-corrected chi connectivity index (χ1v) is 12.0. The Morgan fingerprint density at radius 2 is 1.88 bits per heavy atom. The van der Waals surface area contributed by atoms with Crippen molar-refractivity contribution in [2.24, 2.45) is 0 Å². The molecule has 0 bridgehead atoms. The maximum Gasteiger partial charge on any atom is 0.258 e. The molecule has 1 saturated heterocycles. The minimum absolute atomic E-state index is 0.0515. The number of ether oxygens (including phenoxy) is 2. The fourth-order valence-corrected chi connectivity index (χ4v) is 4.05. The Bertz CT molecular complexity index is 1050. The molecule has 4 rings (SSSR count). The predicted molar refractivity (Wildman–Crippen MR) is 125 cm³/mol. The van der Waals surface area contributed by atoms with E-state index in [0.29, 0.717) is 18.8 Å². The summed E-state index contributed by atoms with van der Waals surface area (Å²) in [5, 5.41) is 9.08. The molecule has 0 atom stereocenters. The van der Waals surface area contributed by atoms with Crippen molar-refractivity contribution in [2.45, 2.75) is 31.0 Å². The fraction of sp³-hybridized carbons (Fsp3) is 0.455. The van der Waals surface area contributed by atoms with Gasteiger partial charge >= 0.3 is 0 Å². The Morgan fingerprint density at radius 1 is 1.12 bits per heavy atom. The van der Waals surface area contributed by atoms with Gasteiger partial charge in [-0.25, -0.2) is 14.6 Å². The first-order chi connectivity index (χ1) is 15.7. The van der Waals surface area contributed by atoms with Crippen molar-refractivity contribution in [3.63, 3.8) is 0 Å². The number of amides is 1. The molecule has 0 unspecified atom stereocenters. The zero-order chi connectivity index (χ0) is 22.3. The molecule has 1 amide bonds. The SMILES string of the molecule is COc1ccc(OCC(=O)NCCn2ncc3c(N4CCCCC4)nc(SC)nc32)cc1. The molecule has 0 spiro atoms. The second-order valence-electron chi connectivity index (χ2n) is 7.50. The molecular formula is C22H28N6O3S. The summed E-state index contributed by atoms with van der Waals surface area (Å²) >= 11 is 1.53. The Balaban J connectivity index is 1.36. The van der Waals surface area contributed by atoms with Crippen LogP contribution in [0.1, 0.15) is 19.3 Å². The fourth-order valence-electron chi connectivity index (χ4n) is 3.70. The second kappa shape index (κ2) is 10.5. The van der Waals surface area contributed by atoms with Gasteiger partial charge in [0.05, 0.1) is 25.2 Å². The predicted octanol–water partition coefficient (Wildman–Crippen LogP) is 2.74. The van der Waals surface area contributed by atoms with E-state index in [4.69, 9.17) is 14.5 Å².